The van der Waals surface area contributed by atoms with Crippen molar-refractivity contribution in [2.45, 2.75) is 33.1 Å². The first-order valence-electron chi connectivity index (χ1n) is 6.50. The maximum absolute atomic E-state index is 5.74. The van der Waals surface area contributed by atoms with Gasteiger partial charge in [0.05, 0.1) is 0 Å². The first-order valence-corrected chi connectivity index (χ1v) is 6.50. The molecule has 0 spiro atoms. The lowest BCUT2D eigenvalue weighted by Gasteiger charge is -2.30. The summed E-state index contributed by atoms with van der Waals surface area (Å²) in [6.45, 7) is 9.54. The average molecular weight is 228 g/mol. The molecule has 0 atom stereocenters. The highest BCUT2D eigenvalue weighted by Gasteiger charge is 2.19. The van der Waals surface area contributed by atoms with Crippen LogP contribution in [0.5, 0.6) is 0 Å². The van der Waals surface area contributed by atoms with Crippen molar-refractivity contribution in [2.75, 3.05) is 39.9 Å². The van der Waals surface area contributed by atoms with E-state index in [-0.39, 0.29) is 5.41 Å². The Kier molecular flexibility index (Phi) is 5.73. The van der Waals surface area contributed by atoms with E-state index in [1.165, 1.54) is 25.8 Å². The molecule has 1 heterocycles. The minimum Gasteiger partial charge on any atom is -0.381 e. The van der Waals surface area contributed by atoms with Gasteiger partial charge in [-0.15, -0.1) is 0 Å². The molecule has 1 saturated heterocycles. The zero-order valence-corrected chi connectivity index (χ0v) is 11.2. The van der Waals surface area contributed by atoms with Gasteiger partial charge < -0.3 is 15.4 Å². The molecule has 0 radical (unpaired) electrons. The third kappa shape index (κ3) is 5.28. The third-order valence-electron chi connectivity index (χ3n) is 3.63. The number of rotatable bonds is 6. The van der Waals surface area contributed by atoms with Crippen molar-refractivity contribution >= 4 is 0 Å². The number of nitrogens with zero attached hydrogens (tertiary/aromatic N) is 1. The van der Waals surface area contributed by atoms with E-state index in [4.69, 9.17) is 10.5 Å². The van der Waals surface area contributed by atoms with Crippen LogP contribution in [-0.2, 0) is 4.74 Å². The van der Waals surface area contributed by atoms with E-state index in [1.54, 1.807) is 0 Å². The van der Waals surface area contributed by atoms with Crippen molar-refractivity contribution in [1.29, 1.82) is 0 Å². The van der Waals surface area contributed by atoms with Gasteiger partial charge in [-0.1, -0.05) is 13.8 Å². The molecule has 1 aliphatic rings. The minimum absolute atomic E-state index is 0.282. The molecule has 3 nitrogen and oxygen atoms in total. The minimum atomic E-state index is 0.282. The number of nitrogens with two attached hydrogens (primary N) is 1. The summed E-state index contributed by atoms with van der Waals surface area (Å²) in [6.07, 6.45) is 3.64. The van der Waals surface area contributed by atoms with Gasteiger partial charge in [-0.05, 0) is 50.7 Å². The highest BCUT2D eigenvalue weighted by atomic mass is 16.5. The van der Waals surface area contributed by atoms with Crippen LogP contribution < -0.4 is 5.73 Å². The fourth-order valence-electron chi connectivity index (χ4n) is 2.06. The van der Waals surface area contributed by atoms with Gasteiger partial charge in [-0.3, -0.25) is 0 Å². The highest BCUT2D eigenvalue weighted by molar-refractivity contribution is 4.73. The number of hydrogen-bond acceptors (Lipinski definition) is 3. The molecule has 3 heteroatoms. The topological polar surface area (TPSA) is 38.5 Å². The van der Waals surface area contributed by atoms with Crippen LogP contribution in [0, 0.1) is 11.3 Å². The molecule has 0 amide bonds. The van der Waals surface area contributed by atoms with Gasteiger partial charge in [0.25, 0.3) is 0 Å². The third-order valence-corrected chi connectivity index (χ3v) is 3.63. The van der Waals surface area contributed by atoms with Crippen LogP contribution >= 0.6 is 0 Å². The quantitative estimate of drug-likeness (QED) is 0.752. The van der Waals surface area contributed by atoms with Crippen LogP contribution in [0.4, 0.5) is 0 Å². The van der Waals surface area contributed by atoms with E-state index in [0.29, 0.717) is 0 Å². The second-order valence-corrected chi connectivity index (χ2v) is 5.94. The Hall–Kier alpha value is -0.120. The molecule has 2 N–H and O–H groups in total. The molecule has 0 unspecified atom stereocenters. The average Bonchev–Trinajstić information content (AvgIpc) is 2.28. The van der Waals surface area contributed by atoms with E-state index in [0.717, 1.165) is 32.2 Å². The largest absolute Gasteiger partial charge is 0.381 e. The van der Waals surface area contributed by atoms with Crippen molar-refractivity contribution in [3.05, 3.63) is 0 Å². The SMILES string of the molecule is CN(CCC(C)(C)CN)CC1CCOCC1. The van der Waals surface area contributed by atoms with Gasteiger partial charge in [0.2, 0.25) is 0 Å². The fourth-order valence-corrected chi connectivity index (χ4v) is 2.06. The first-order chi connectivity index (χ1) is 7.53. The Morgan fingerprint density at radius 3 is 2.50 bits per heavy atom. The summed E-state index contributed by atoms with van der Waals surface area (Å²) in [6, 6.07) is 0. The van der Waals surface area contributed by atoms with E-state index in [2.05, 4.69) is 25.8 Å². The molecular weight excluding hydrogens is 200 g/mol. The Morgan fingerprint density at radius 2 is 1.94 bits per heavy atom. The normalized spacial score (nSPS) is 19.3. The van der Waals surface area contributed by atoms with E-state index in [9.17, 15) is 0 Å². The number of hydrogen-bond donors (Lipinski definition) is 1. The standard InChI is InChI=1S/C13H28N2O/c1-13(2,11-14)6-7-15(3)10-12-4-8-16-9-5-12/h12H,4-11,14H2,1-3H3. The van der Waals surface area contributed by atoms with Gasteiger partial charge in [0.1, 0.15) is 0 Å². The fraction of sp³-hybridized carbons (Fsp3) is 1.00. The van der Waals surface area contributed by atoms with Crippen LogP contribution in [0.25, 0.3) is 0 Å². The van der Waals surface area contributed by atoms with Gasteiger partial charge in [0, 0.05) is 19.8 Å². The summed E-state index contributed by atoms with van der Waals surface area (Å²) in [5.41, 5.74) is 6.02. The van der Waals surface area contributed by atoms with Gasteiger partial charge in [-0.25, -0.2) is 0 Å². The second kappa shape index (κ2) is 6.58. The molecule has 0 bridgehead atoms. The maximum Gasteiger partial charge on any atom is 0.0469 e. The van der Waals surface area contributed by atoms with Crippen molar-refractivity contribution in [3.8, 4) is 0 Å². The van der Waals surface area contributed by atoms with Crippen LogP contribution in [0.2, 0.25) is 0 Å². The predicted molar refractivity (Wildman–Crippen MR) is 68.5 cm³/mol. The lowest BCUT2D eigenvalue weighted by molar-refractivity contribution is 0.0545. The molecule has 1 fully saturated rings. The van der Waals surface area contributed by atoms with Gasteiger partial charge >= 0.3 is 0 Å². The van der Waals surface area contributed by atoms with Crippen LogP contribution in [0.3, 0.4) is 0 Å². The van der Waals surface area contributed by atoms with E-state index >= 15 is 0 Å². The molecule has 16 heavy (non-hydrogen) atoms. The second-order valence-electron chi connectivity index (χ2n) is 5.94. The van der Waals surface area contributed by atoms with Crippen LogP contribution in [0.15, 0.2) is 0 Å². The lowest BCUT2D eigenvalue weighted by Crippen LogP contribution is -2.34. The van der Waals surface area contributed by atoms with Crippen LogP contribution in [-0.4, -0.2) is 44.8 Å². The molecule has 1 aliphatic heterocycles. The van der Waals surface area contributed by atoms with E-state index in [1.807, 2.05) is 0 Å². The molecule has 96 valence electrons. The summed E-state index contributed by atoms with van der Waals surface area (Å²) in [7, 11) is 2.22. The Morgan fingerprint density at radius 1 is 1.31 bits per heavy atom. The van der Waals surface area contributed by atoms with E-state index < -0.39 is 0 Å². The molecule has 0 aromatic carbocycles. The Balaban J connectivity index is 2.17. The zero-order valence-electron chi connectivity index (χ0n) is 11.2. The zero-order chi connectivity index (χ0) is 12.0. The lowest BCUT2D eigenvalue weighted by atomic mass is 9.89. The maximum atomic E-state index is 5.74. The number of ether oxygens (including phenoxy) is 1. The first kappa shape index (κ1) is 13.9. The van der Waals surface area contributed by atoms with Crippen molar-refractivity contribution in [1.82, 2.24) is 4.90 Å². The highest BCUT2D eigenvalue weighted by Crippen LogP contribution is 2.20. The molecule has 0 aromatic rings. The predicted octanol–water partition coefficient (Wildman–Crippen LogP) is 1.72. The molecule has 0 aromatic heterocycles. The van der Waals surface area contributed by atoms with Gasteiger partial charge in [0.15, 0.2) is 0 Å². The summed E-state index contributed by atoms with van der Waals surface area (Å²) < 4.78 is 5.38. The monoisotopic (exact) mass is 228 g/mol. The van der Waals surface area contributed by atoms with Crippen molar-refractivity contribution in [3.63, 3.8) is 0 Å². The van der Waals surface area contributed by atoms with Crippen molar-refractivity contribution < 1.29 is 4.74 Å². The van der Waals surface area contributed by atoms with Crippen molar-refractivity contribution in [2.24, 2.45) is 17.1 Å². The summed E-state index contributed by atoms with van der Waals surface area (Å²) in [5, 5.41) is 0. The Labute approximate surface area is 100 Å². The molecule has 1 rings (SSSR count). The summed E-state index contributed by atoms with van der Waals surface area (Å²) in [4.78, 5) is 2.45. The van der Waals surface area contributed by atoms with Gasteiger partial charge in [-0.2, -0.15) is 0 Å². The smallest absolute Gasteiger partial charge is 0.0469 e. The molecule has 0 saturated carbocycles. The molecule has 0 aliphatic carbocycles. The van der Waals surface area contributed by atoms with Crippen LogP contribution in [0.1, 0.15) is 33.1 Å². The summed E-state index contributed by atoms with van der Waals surface area (Å²) >= 11 is 0. The Bertz CT molecular complexity index is 188. The molecular formula is C13H28N2O. The summed E-state index contributed by atoms with van der Waals surface area (Å²) in [5.74, 6) is 0.833.